The predicted molar refractivity (Wildman–Crippen MR) is 76.1 cm³/mol. The van der Waals surface area contributed by atoms with Crippen LogP contribution in [0.1, 0.15) is 31.5 Å². The second-order valence-corrected chi connectivity index (χ2v) is 5.74. The molecule has 2 heterocycles. The van der Waals surface area contributed by atoms with Crippen molar-refractivity contribution in [2.24, 2.45) is 12.8 Å². The molecule has 0 saturated carbocycles. The molecule has 0 unspecified atom stereocenters. The Morgan fingerprint density at radius 1 is 1.37 bits per heavy atom. The van der Waals surface area contributed by atoms with E-state index < -0.39 is 0 Å². The third-order valence-corrected chi connectivity index (χ3v) is 4.08. The van der Waals surface area contributed by atoms with E-state index in [2.05, 4.69) is 33.6 Å². The number of nitrogens with two attached hydrogens (primary N) is 1. The van der Waals surface area contributed by atoms with E-state index in [1.54, 1.807) is 18.0 Å². The molecule has 0 fully saturated rings. The van der Waals surface area contributed by atoms with Crippen molar-refractivity contribution in [2.75, 3.05) is 0 Å². The summed E-state index contributed by atoms with van der Waals surface area (Å²) in [5.74, 6) is 2.40. The van der Waals surface area contributed by atoms with Gasteiger partial charge in [0.15, 0.2) is 5.16 Å². The summed E-state index contributed by atoms with van der Waals surface area (Å²) in [4.78, 5) is 4.26. The van der Waals surface area contributed by atoms with Gasteiger partial charge in [-0.05, 0) is 13.8 Å². The molecule has 104 valence electrons. The summed E-state index contributed by atoms with van der Waals surface area (Å²) < 4.78 is 3.91. The average Bonchev–Trinajstić information content (AvgIpc) is 2.93. The highest BCUT2D eigenvalue weighted by Crippen LogP contribution is 2.25. The van der Waals surface area contributed by atoms with E-state index in [0.29, 0.717) is 17.5 Å². The minimum Gasteiger partial charge on any atom is -0.324 e. The second-order valence-electron chi connectivity index (χ2n) is 4.41. The molecule has 8 heteroatoms. The fourth-order valence-electron chi connectivity index (χ4n) is 1.75. The highest BCUT2D eigenvalue weighted by Gasteiger charge is 2.15. The first kappa shape index (κ1) is 14.4. The smallest absolute Gasteiger partial charge is 0.191 e. The Hall–Kier alpha value is -1.05. The Labute approximate surface area is 121 Å². The Morgan fingerprint density at radius 2 is 2.11 bits per heavy atom. The molecular weight excluding hydrogens is 284 g/mol. The van der Waals surface area contributed by atoms with E-state index in [1.807, 2.05) is 11.6 Å². The number of thioether (sulfide) groups is 1. The predicted octanol–water partition coefficient (Wildman–Crippen LogP) is 2.00. The van der Waals surface area contributed by atoms with Gasteiger partial charge >= 0.3 is 0 Å². The van der Waals surface area contributed by atoms with Crippen LogP contribution in [0.2, 0.25) is 5.15 Å². The van der Waals surface area contributed by atoms with Gasteiger partial charge in [-0.3, -0.25) is 0 Å². The first-order chi connectivity index (χ1) is 9.04. The van der Waals surface area contributed by atoms with Crippen LogP contribution in [0.4, 0.5) is 0 Å². The van der Waals surface area contributed by atoms with E-state index in [9.17, 15) is 0 Å². The van der Waals surface area contributed by atoms with Crippen molar-refractivity contribution in [3.8, 4) is 0 Å². The Bertz CT molecular complexity index is 562. The van der Waals surface area contributed by atoms with Crippen LogP contribution in [0, 0.1) is 0 Å². The Morgan fingerprint density at radius 3 is 2.63 bits per heavy atom. The maximum absolute atomic E-state index is 5.96. The third kappa shape index (κ3) is 2.93. The molecule has 0 aliphatic rings. The molecule has 0 aromatic carbocycles. The lowest BCUT2D eigenvalue weighted by molar-refractivity contribution is 0.526. The maximum Gasteiger partial charge on any atom is 0.191 e. The van der Waals surface area contributed by atoms with Crippen molar-refractivity contribution in [1.82, 2.24) is 24.3 Å². The summed E-state index contributed by atoms with van der Waals surface area (Å²) in [5, 5.41) is 9.78. The Kier molecular flexibility index (Phi) is 4.49. The summed E-state index contributed by atoms with van der Waals surface area (Å²) in [6.07, 6.45) is 1.65. The fourth-order valence-corrected chi connectivity index (χ4v) is 2.98. The molecule has 19 heavy (non-hydrogen) atoms. The number of imidazole rings is 1. The van der Waals surface area contributed by atoms with Crippen LogP contribution in [-0.4, -0.2) is 24.3 Å². The monoisotopic (exact) mass is 300 g/mol. The van der Waals surface area contributed by atoms with Crippen molar-refractivity contribution in [2.45, 2.75) is 37.3 Å². The van der Waals surface area contributed by atoms with Gasteiger partial charge in [0, 0.05) is 13.1 Å². The molecule has 0 atom stereocenters. The van der Waals surface area contributed by atoms with Crippen molar-refractivity contribution >= 4 is 23.4 Å². The minimum absolute atomic E-state index is 0.279. The Balaban J connectivity index is 2.16. The molecule has 0 amide bonds. The van der Waals surface area contributed by atoms with Gasteiger partial charge in [-0.25, -0.2) is 4.98 Å². The van der Waals surface area contributed by atoms with Gasteiger partial charge in [-0.15, -0.1) is 10.2 Å². The lowest BCUT2D eigenvalue weighted by Crippen LogP contribution is -2.11. The van der Waals surface area contributed by atoms with Crippen molar-refractivity contribution in [1.29, 1.82) is 0 Å². The molecular formula is C11H17ClN6S. The molecule has 0 aliphatic heterocycles. The minimum atomic E-state index is 0.279. The lowest BCUT2D eigenvalue weighted by atomic mass is 10.4. The summed E-state index contributed by atoms with van der Waals surface area (Å²) in [7, 11) is 1.89. The van der Waals surface area contributed by atoms with Crippen LogP contribution in [0.15, 0.2) is 11.4 Å². The number of halogens is 1. The average molecular weight is 301 g/mol. The molecule has 6 nitrogen and oxygen atoms in total. The first-order valence-electron chi connectivity index (χ1n) is 5.97. The highest BCUT2D eigenvalue weighted by atomic mass is 35.5. The first-order valence-corrected chi connectivity index (χ1v) is 7.33. The van der Waals surface area contributed by atoms with Crippen molar-refractivity contribution in [3.63, 3.8) is 0 Å². The van der Waals surface area contributed by atoms with E-state index in [4.69, 9.17) is 17.3 Å². The molecule has 2 rings (SSSR count). The van der Waals surface area contributed by atoms with Crippen molar-refractivity contribution in [3.05, 3.63) is 23.0 Å². The lowest BCUT2D eigenvalue weighted by Gasteiger charge is -2.12. The van der Waals surface area contributed by atoms with Gasteiger partial charge in [0.2, 0.25) is 0 Å². The molecule has 2 aromatic rings. The zero-order valence-electron chi connectivity index (χ0n) is 11.2. The topological polar surface area (TPSA) is 74.6 Å². The normalized spacial score (nSPS) is 11.5. The standard InChI is InChI=1S/C11H17ClN6S/c1-7(2)18-9(4-13)15-16-11(18)19-6-10-14-5-8(12)17(10)3/h5,7H,4,6,13H2,1-3H3. The maximum atomic E-state index is 5.96. The van der Waals surface area contributed by atoms with E-state index in [0.717, 1.165) is 16.8 Å². The molecule has 0 radical (unpaired) electrons. The largest absolute Gasteiger partial charge is 0.324 e. The number of hydrogen-bond acceptors (Lipinski definition) is 5. The van der Waals surface area contributed by atoms with Gasteiger partial charge in [0.05, 0.1) is 18.5 Å². The summed E-state index contributed by atoms with van der Waals surface area (Å²) in [6.45, 7) is 4.56. The van der Waals surface area contributed by atoms with Crippen LogP contribution in [0.25, 0.3) is 0 Å². The highest BCUT2D eigenvalue weighted by molar-refractivity contribution is 7.98. The van der Waals surface area contributed by atoms with Crippen LogP contribution in [0.5, 0.6) is 0 Å². The van der Waals surface area contributed by atoms with E-state index >= 15 is 0 Å². The van der Waals surface area contributed by atoms with Gasteiger partial charge in [-0.2, -0.15) is 0 Å². The van der Waals surface area contributed by atoms with Crippen LogP contribution >= 0.6 is 23.4 Å². The zero-order chi connectivity index (χ0) is 14.0. The summed E-state index contributed by atoms with van der Waals surface area (Å²) in [5.41, 5.74) is 5.67. The van der Waals surface area contributed by atoms with Gasteiger partial charge < -0.3 is 14.9 Å². The summed E-state index contributed by atoms with van der Waals surface area (Å²) >= 11 is 7.54. The van der Waals surface area contributed by atoms with E-state index in [-0.39, 0.29) is 6.04 Å². The number of hydrogen-bond donors (Lipinski definition) is 1. The molecule has 0 aliphatic carbocycles. The zero-order valence-corrected chi connectivity index (χ0v) is 12.7. The van der Waals surface area contributed by atoms with E-state index in [1.165, 1.54) is 0 Å². The van der Waals surface area contributed by atoms with Gasteiger partial charge in [0.1, 0.15) is 16.8 Å². The van der Waals surface area contributed by atoms with Crippen molar-refractivity contribution < 1.29 is 0 Å². The second kappa shape index (κ2) is 5.94. The van der Waals surface area contributed by atoms with Crippen LogP contribution in [-0.2, 0) is 19.3 Å². The molecule has 2 aromatic heterocycles. The number of rotatable bonds is 5. The van der Waals surface area contributed by atoms with Gasteiger partial charge in [-0.1, -0.05) is 23.4 Å². The van der Waals surface area contributed by atoms with Crippen LogP contribution in [0.3, 0.4) is 0 Å². The molecule has 0 bridgehead atoms. The SMILES string of the molecule is CC(C)n1c(CN)nnc1SCc1ncc(Cl)n1C. The molecule has 0 saturated heterocycles. The molecule has 2 N–H and O–H groups in total. The van der Waals surface area contributed by atoms with Crippen LogP contribution < -0.4 is 5.73 Å². The number of nitrogens with zero attached hydrogens (tertiary/aromatic N) is 5. The number of aromatic nitrogens is 5. The molecule has 0 spiro atoms. The fraction of sp³-hybridized carbons (Fsp3) is 0.545. The third-order valence-electron chi connectivity index (χ3n) is 2.79. The van der Waals surface area contributed by atoms with Gasteiger partial charge in [0.25, 0.3) is 0 Å². The quantitative estimate of drug-likeness (QED) is 0.855. The summed E-state index contributed by atoms with van der Waals surface area (Å²) in [6, 6.07) is 0.279.